The van der Waals surface area contributed by atoms with Crippen LogP contribution in [0.25, 0.3) is 0 Å². The van der Waals surface area contributed by atoms with Gasteiger partial charge in [-0.25, -0.2) is 0 Å². The first-order valence-corrected chi connectivity index (χ1v) is 4.32. The molecule has 0 aliphatic heterocycles. The SMILES string of the molecule is C=C[C@@H]1CCC(=O)[C@H](C)[C@H]1C. The Bertz CT molecular complexity index is 170. The summed E-state index contributed by atoms with van der Waals surface area (Å²) < 4.78 is 0. The van der Waals surface area contributed by atoms with Crippen molar-refractivity contribution in [2.24, 2.45) is 17.8 Å². The number of allylic oxidation sites excluding steroid dienone is 1. The molecule has 1 nitrogen and oxygen atoms in total. The monoisotopic (exact) mass is 152 g/mol. The first-order valence-electron chi connectivity index (χ1n) is 4.32. The molecule has 0 saturated heterocycles. The van der Waals surface area contributed by atoms with Crippen molar-refractivity contribution in [2.75, 3.05) is 0 Å². The number of carbonyl (C=O) groups is 1. The summed E-state index contributed by atoms with van der Waals surface area (Å²) in [6, 6.07) is 0. The Morgan fingerprint density at radius 3 is 2.73 bits per heavy atom. The van der Waals surface area contributed by atoms with Gasteiger partial charge in [0.05, 0.1) is 0 Å². The van der Waals surface area contributed by atoms with Crippen molar-refractivity contribution < 1.29 is 4.79 Å². The quantitative estimate of drug-likeness (QED) is 0.527. The van der Waals surface area contributed by atoms with Crippen LogP contribution < -0.4 is 0 Å². The van der Waals surface area contributed by atoms with Gasteiger partial charge in [-0.05, 0) is 18.3 Å². The van der Waals surface area contributed by atoms with E-state index in [4.69, 9.17) is 0 Å². The standard InChI is InChI=1S/C10H16O/c1-4-9-5-6-10(11)8(3)7(9)2/h4,7-9H,1,5-6H2,2-3H3/t7-,8-,9-/m1/s1. The van der Waals surface area contributed by atoms with Gasteiger partial charge in [-0.2, -0.15) is 0 Å². The van der Waals surface area contributed by atoms with Gasteiger partial charge in [0.25, 0.3) is 0 Å². The average molecular weight is 152 g/mol. The van der Waals surface area contributed by atoms with Gasteiger partial charge >= 0.3 is 0 Å². The highest BCUT2D eigenvalue weighted by Crippen LogP contribution is 2.32. The molecule has 1 rings (SSSR count). The Hall–Kier alpha value is -0.590. The Labute approximate surface area is 68.5 Å². The molecule has 1 heteroatoms. The largest absolute Gasteiger partial charge is 0.299 e. The minimum Gasteiger partial charge on any atom is -0.299 e. The van der Waals surface area contributed by atoms with Crippen molar-refractivity contribution in [3.05, 3.63) is 12.7 Å². The second-order valence-corrected chi connectivity index (χ2v) is 3.55. The molecule has 1 saturated carbocycles. The zero-order valence-corrected chi connectivity index (χ0v) is 7.34. The maximum atomic E-state index is 11.2. The number of carbonyl (C=O) groups excluding carboxylic acids is 1. The van der Waals surface area contributed by atoms with E-state index in [1.807, 2.05) is 13.0 Å². The highest BCUT2D eigenvalue weighted by atomic mass is 16.1. The molecule has 0 radical (unpaired) electrons. The summed E-state index contributed by atoms with van der Waals surface area (Å²) in [6.07, 6.45) is 3.75. The molecule has 1 aliphatic rings. The van der Waals surface area contributed by atoms with Gasteiger partial charge in [0.1, 0.15) is 5.78 Å². The zero-order valence-electron chi connectivity index (χ0n) is 7.34. The van der Waals surface area contributed by atoms with Crippen molar-refractivity contribution >= 4 is 5.78 Å². The number of hydrogen-bond donors (Lipinski definition) is 0. The van der Waals surface area contributed by atoms with Crippen molar-refractivity contribution in [3.8, 4) is 0 Å². The minimum atomic E-state index is 0.242. The zero-order chi connectivity index (χ0) is 8.43. The fourth-order valence-electron chi connectivity index (χ4n) is 1.80. The van der Waals surface area contributed by atoms with Gasteiger partial charge in [0.15, 0.2) is 0 Å². The van der Waals surface area contributed by atoms with Crippen molar-refractivity contribution in [1.29, 1.82) is 0 Å². The lowest BCUT2D eigenvalue weighted by molar-refractivity contribution is -0.126. The lowest BCUT2D eigenvalue weighted by Crippen LogP contribution is -2.30. The maximum Gasteiger partial charge on any atom is 0.136 e. The Morgan fingerprint density at radius 2 is 2.18 bits per heavy atom. The van der Waals surface area contributed by atoms with Crippen molar-refractivity contribution in [2.45, 2.75) is 26.7 Å². The smallest absolute Gasteiger partial charge is 0.136 e. The van der Waals surface area contributed by atoms with E-state index in [9.17, 15) is 4.79 Å². The van der Waals surface area contributed by atoms with E-state index in [1.165, 1.54) is 0 Å². The van der Waals surface area contributed by atoms with Gasteiger partial charge in [-0.3, -0.25) is 4.79 Å². The Morgan fingerprint density at radius 1 is 1.55 bits per heavy atom. The summed E-state index contributed by atoms with van der Waals surface area (Å²) in [4.78, 5) is 11.2. The van der Waals surface area contributed by atoms with Gasteiger partial charge in [0, 0.05) is 12.3 Å². The summed E-state index contributed by atoms with van der Waals surface area (Å²) in [5, 5.41) is 0. The van der Waals surface area contributed by atoms with Crippen LogP contribution >= 0.6 is 0 Å². The molecule has 0 amide bonds. The van der Waals surface area contributed by atoms with Crippen molar-refractivity contribution in [1.82, 2.24) is 0 Å². The molecule has 62 valence electrons. The van der Waals surface area contributed by atoms with Crippen LogP contribution in [0.4, 0.5) is 0 Å². The van der Waals surface area contributed by atoms with E-state index in [0.717, 1.165) is 12.8 Å². The topological polar surface area (TPSA) is 17.1 Å². The van der Waals surface area contributed by atoms with Crippen LogP contribution in [-0.4, -0.2) is 5.78 Å². The molecule has 0 heterocycles. The van der Waals surface area contributed by atoms with E-state index in [0.29, 0.717) is 17.6 Å². The van der Waals surface area contributed by atoms with Crippen molar-refractivity contribution in [3.63, 3.8) is 0 Å². The fraction of sp³-hybridized carbons (Fsp3) is 0.700. The summed E-state index contributed by atoms with van der Waals surface area (Å²) in [5.74, 6) is 1.72. The van der Waals surface area contributed by atoms with E-state index >= 15 is 0 Å². The number of Topliss-reactive ketones (excluding diaryl/α,β-unsaturated/α-hetero) is 1. The molecule has 1 fully saturated rings. The van der Waals surface area contributed by atoms with Crippen LogP contribution in [0.5, 0.6) is 0 Å². The van der Waals surface area contributed by atoms with Gasteiger partial charge in [0.2, 0.25) is 0 Å². The predicted molar refractivity (Wildman–Crippen MR) is 46.3 cm³/mol. The molecule has 0 aromatic rings. The highest BCUT2D eigenvalue weighted by molar-refractivity contribution is 5.81. The number of hydrogen-bond acceptors (Lipinski definition) is 1. The van der Waals surface area contributed by atoms with E-state index in [2.05, 4.69) is 13.5 Å². The summed E-state index contributed by atoms with van der Waals surface area (Å²) >= 11 is 0. The van der Waals surface area contributed by atoms with Gasteiger partial charge < -0.3 is 0 Å². The molecule has 0 N–H and O–H groups in total. The predicted octanol–water partition coefficient (Wildman–Crippen LogP) is 2.42. The molecule has 0 unspecified atom stereocenters. The van der Waals surface area contributed by atoms with E-state index in [-0.39, 0.29) is 5.92 Å². The first kappa shape index (κ1) is 8.51. The second-order valence-electron chi connectivity index (χ2n) is 3.55. The molecule has 0 aromatic carbocycles. The molecule has 0 spiro atoms. The second kappa shape index (κ2) is 3.21. The first-order chi connectivity index (χ1) is 5.16. The van der Waals surface area contributed by atoms with Crippen LogP contribution in [0.2, 0.25) is 0 Å². The number of rotatable bonds is 1. The lowest BCUT2D eigenvalue weighted by atomic mass is 9.73. The molecule has 3 atom stereocenters. The lowest BCUT2D eigenvalue weighted by Gasteiger charge is -2.30. The van der Waals surface area contributed by atoms with E-state index in [1.54, 1.807) is 0 Å². The third-order valence-corrected chi connectivity index (χ3v) is 3.00. The summed E-state index contributed by atoms with van der Waals surface area (Å²) in [6.45, 7) is 7.96. The molecule has 0 aromatic heterocycles. The van der Waals surface area contributed by atoms with Gasteiger partial charge in [-0.1, -0.05) is 19.9 Å². The van der Waals surface area contributed by atoms with E-state index < -0.39 is 0 Å². The van der Waals surface area contributed by atoms with Crippen LogP contribution in [0.1, 0.15) is 26.7 Å². The molecular formula is C10H16O. The van der Waals surface area contributed by atoms with Crippen LogP contribution in [-0.2, 0) is 4.79 Å². The molecule has 0 bridgehead atoms. The minimum absolute atomic E-state index is 0.242. The van der Waals surface area contributed by atoms with Crippen LogP contribution in [0, 0.1) is 17.8 Å². The third kappa shape index (κ3) is 1.52. The maximum absolute atomic E-state index is 11.2. The van der Waals surface area contributed by atoms with Gasteiger partial charge in [-0.15, -0.1) is 6.58 Å². The highest BCUT2D eigenvalue weighted by Gasteiger charge is 2.30. The van der Waals surface area contributed by atoms with Crippen LogP contribution in [0.3, 0.4) is 0 Å². The fourth-order valence-corrected chi connectivity index (χ4v) is 1.80. The summed E-state index contributed by atoms with van der Waals surface area (Å²) in [5.41, 5.74) is 0. The normalized spacial score (nSPS) is 38.7. The Kier molecular flexibility index (Phi) is 2.48. The Balaban J connectivity index is 2.66. The molecule has 1 aliphatic carbocycles. The molecular weight excluding hydrogens is 136 g/mol. The summed E-state index contributed by atoms with van der Waals surface area (Å²) in [7, 11) is 0. The molecule has 11 heavy (non-hydrogen) atoms. The van der Waals surface area contributed by atoms with Crippen LogP contribution in [0.15, 0.2) is 12.7 Å². The third-order valence-electron chi connectivity index (χ3n) is 3.00. The number of ketones is 1. The average Bonchev–Trinajstić information content (AvgIpc) is 2.01.